The van der Waals surface area contributed by atoms with Crippen molar-refractivity contribution >= 4 is 0 Å². The largest absolute Gasteiger partial charge is 0.304 e. The molecule has 5 N–H and O–H groups in total. The molecule has 0 radical (unpaired) electrons. The molecule has 4 aromatic carbocycles. The van der Waals surface area contributed by atoms with Gasteiger partial charge in [0.2, 0.25) is 0 Å². The first-order chi connectivity index (χ1) is 60.5. The molecule has 12 heterocycles. The van der Waals surface area contributed by atoms with Gasteiger partial charge in [0.15, 0.2) is 78.6 Å². The van der Waals surface area contributed by atoms with Gasteiger partial charge in [-0.25, -0.2) is 0 Å². The fourth-order valence-corrected chi connectivity index (χ4v) is 18.7. The first-order valence-electron chi connectivity index (χ1n) is 45.0. The van der Waals surface area contributed by atoms with E-state index in [4.69, 9.17) is 0 Å². The van der Waals surface area contributed by atoms with E-state index >= 15 is 0 Å². The highest BCUT2D eigenvalue weighted by Crippen LogP contribution is 2.35. The maximum Gasteiger partial charge on any atom is 0.304 e. The summed E-state index contributed by atoms with van der Waals surface area (Å²) in [7, 11) is 25.0. The highest BCUT2D eigenvalue weighted by atomic mass is 15.3. The first kappa shape index (κ1) is 95.6. The predicted molar refractivity (Wildman–Crippen MR) is 516 cm³/mol. The molecule has 12 aromatic heterocycles. The molecule has 0 fully saturated rings. The summed E-state index contributed by atoms with van der Waals surface area (Å²) >= 11 is 0. The number of hydrogen-bond acceptors (Lipinski definition) is 0. The van der Waals surface area contributed by atoms with Crippen molar-refractivity contribution in [3.05, 3.63) is 320 Å². The molecule has 0 unspecified atom stereocenters. The van der Waals surface area contributed by atoms with Crippen molar-refractivity contribution in [2.45, 2.75) is 158 Å². The van der Waals surface area contributed by atoms with Crippen LogP contribution in [0, 0.1) is 130 Å². The van der Waals surface area contributed by atoms with Crippen LogP contribution >= 0.6 is 0 Å². The van der Waals surface area contributed by atoms with Gasteiger partial charge in [-0.3, -0.25) is 0 Å². The van der Waals surface area contributed by atoms with Gasteiger partial charge in [0.05, 0.1) is 28.5 Å². The summed E-state index contributed by atoms with van der Waals surface area (Å²) in [6, 6.07) is 62.2. The number of aromatic amines is 5. The van der Waals surface area contributed by atoms with Crippen LogP contribution in [0.3, 0.4) is 0 Å². The van der Waals surface area contributed by atoms with Gasteiger partial charge in [-0.2, -0.15) is 57.5 Å². The standard InChI is InChI=1S/2C30H34N2.C17H24N2.C13H20N4.C11H14N3.C10H14N4/c1-19-13-21(3)29(22(4)14-19)25-9-11-31(7)27(17-25)28-18-26(10-12-32(28)8)30-23(5)15-20(2)16-24(30)6;1-19-13-21(3)29(22(4)14-19)25-9-11-27(31(7)17-25)28-12-10-26(18-32(28)8)30-23(5)15-20(2)16-24(30)6;1-13(2)10-15-7-9-19(5)17(12-15)16-11-14(3)6-8-18(16)4;1-9(2)6-11-8-13(17(5)15-11)12-7-10(3)14-16(12)4;1-9-8-11(14(3)12-9)10-6-4-5-7-13(10)2;1-7-5-9(13(3)11-7)10-6-8(2)12-14(10)4/h2*9-18H,1-8H3;6-9,11-13H,10H2,1-5H3;7-9H,6H2,1-5H3;4-8H,1-3H3;5-6H,1-4H3/q3*+2;;+1;/p+5. The predicted octanol–water partition coefficient (Wildman–Crippen LogP) is 17.0. The molecule has 16 rings (SSSR count). The van der Waals surface area contributed by atoms with Crippen molar-refractivity contribution in [1.82, 2.24) is 25.5 Å². The summed E-state index contributed by atoms with van der Waals surface area (Å²) in [4.78, 5) is 0. The fraction of sp³-hybridized carbons (Fsp3) is 0.333. The van der Waals surface area contributed by atoms with E-state index in [0.29, 0.717) is 11.8 Å². The van der Waals surface area contributed by atoms with E-state index in [9.17, 15) is 0 Å². The molecule has 0 aliphatic heterocycles. The zero-order valence-electron chi connectivity index (χ0n) is 83.1. The van der Waals surface area contributed by atoms with Crippen LogP contribution in [0.4, 0.5) is 0 Å². The van der Waals surface area contributed by atoms with Gasteiger partial charge in [-0.15, -0.1) is 23.4 Å². The average molecular weight is 1720 g/mol. The zero-order valence-corrected chi connectivity index (χ0v) is 83.1. The van der Waals surface area contributed by atoms with Crippen LogP contribution < -0.4 is 55.4 Å². The van der Waals surface area contributed by atoms with Crippen molar-refractivity contribution in [1.29, 1.82) is 0 Å². The third-order valence-corrected chi connectivity index (χ3v) is 24.1. The minimum Gasteiger partial charge on any atom is -0.196 e. The second-order valence-electron chi connectivity index (χ2n) is 37.1. The topological polar surface area (TPSA) is 126 Å². The van der Waals surface area contributed by atoms with Gasteiger partial charge < -0.3 is 0 Å². The van der Waals surface area contributed by atoms with Crippen molar-refractivity contribution < 1.29 is 55.4 Å². The minimum absolute atomic E-state index is 0.670. The number of rotatable bonds is 14. The Morgan fingerprint density at radius 1 is 0.219 bits per heavy atom. The van der Waals surface area contributed by atoms with Crippen LogP contribution in [0.5, 0.6) is 0 Å². The average Bonchev–Trinajstić information content (AvgIpc) is 1.55. The number of benzene rings is 4. The van der Waals surface area contributed by atoms with E-state index in [1.807, 2.05) is 48.3 Å². The van der Waals surface area contributed by atoms with E-state index in [0.717, 1.165) is 12.8 Å². The monoisotopic (exact) mass is 1720 g/mol. The molecule has 0 amide bonds. The van der Waals surface area contributed by atoms with Crippen molar-refractivity contribution in [3.63, 3.8) is 0 Å². The minimum atomic E-state index is 0.670. The van der Waals surface area contributed by atoms with Crippen molar-refractivity contribution in [2.75, 3.05) is 0 Å². The van der Waals surface area contributed by atoms with E-state index < -0.39 is 0 Å². The summed E-state index contributed by atoms with van der Waals surface area (Å²) in [5.74, 6) is 1.36. The highest BCUT2D eigenvalue weighted by Gasteiger charge is 2.30. The maximum atomic E-state index is 3.40. The Kier molecular flexibility index (Phi) is 30.8. The Morgan fingerprint density at radius 2 is 0.508 bits per heavy atom. The summed E-state index contributed by atoms with van der Waals surface area (Å²) in [5.41, 5.74) is 49.5. The van der Waals surface area contributed by atoms with Gasteiger partial charge >= 0.3 is 28.5 Å². The Balaban J connectivity index is 0.000000154. The van der Waals surface area contributed by atoms with Crippen LogP contribution in [0.15, 0.2) is 213 Å². The van der Waals surface area contributed by atoms with Crippen LogP contribution in [-0.4, -0.2) is 25.5 Å². The Labute approximate surface area is 763 Å². The van der Waals surface area contributed by atoms with Gasteiger partial charge in [0, 0.05) is 114 Å². The van der Waals surface area contributed by atoms with Crippen molar-refractivity contribution in [2.24, 2.45) is 96.4 Å². The van der Waals surface area contributed by atoms with Crippen LogP contribution in [0.25, 0.3) is 113 Å². The molecular formula is C111H145N17+12. The normalized spacial score (nSPS) is 11.1. The molecule has 0 spiro atoms. The number of hydrogen-bond donors (Lipinski definition) is 5. The lowest BCUT2D eigenvalue weighted by Crippen LogP contribution is -2.39. The molecule has 0 saturated heterocycles. The molecule has 0 aliphatic rings. The Morgan fingerprint density at radius 3 is 0.836 bits per heavy atom. The second-order valence-corrected chi connectivity index (χ2v) is 37.1. The molecule has 0 atom stereocenters. The highest BCUT2D eigenvalue weighted by molar-refractivity contribution is 5.77. The third kappa shape index (κ3) is 23.0. The summed E-state index contributed by atoms with van der Waals surface area (Å²) < 4.78 is 25.6. The first-order valence-corrected chi connectivity index (χ1v) is 45.0. The molecular weight excluding hydrogens is 1570 g/mol. The SMILES string of the molecule is Cc1cc(-c2cc(C)[nH][n+]2C)[n+](C)[nH]1.Cc1cc(-c2cc(CC(C)C)[nH][n+]2C)[n+](C)[nH]1.Cc1cc(-c2cccc[n+]2C)[n+](C)[nH]1.Cc1cc(C)c(-c2cc[n+](C)c(-c3cc(-c4c(C)cc(C)cc4C)cc[n+]3C)c2)c(C)c1.Cc1cc(C)c(-c2ccc(-c3ccc(-c4c(C)cc(C)cc4C)c[n+]3C)[n+](C)c2)c(C)c1.Cc1cc[n+](C)c(-c2cc(CC(C)C)cc[n+]2C)c1. The molecule has 128 heavy (non-hydrogen) atoms. The lowest BCUT2D eigenvalue weighted by atomic mass is 9.92. The lowest BCUT2D eigenvalue weighted by molar-refractivity contribution is -0.744. The van der Waals surface area contributed by atoms with E-state index in [2.05, 4.69) is 476 Å². The molecule has 17 nitrogen and oxygen atoms in total. The fourth-order valence-electron chi connectivity index (χ4n) is 18.7. The van der Waals surface area contributed by atoms with Crippen LogP contribution in [-0.2, 0) is 97.4 Å². The molecule has 0 aliphatic carbocycles. The molecule has 662 valence electrons. The number of nitrogens with one attached hydrogen (secondary N) is 5. The number of H-pyrrole nitrogens is 5. The molecule has 0 bridgehead atoms. The van der Waals surface area contributed by atoms with Gasteiger partial charge in [0.1, 0.15) is 49.3 Å². The Hall–Kier alpha value is -13.0. The number of aryl methyl sites for hydroxylation is 29. The number of pyridine rings is 7. The summed E-state index contributed by atoms with van der Waals surface area (Å²) in [6.07, 6.45) is 17.4. The number of nitrogens with zero attached hydrogens (tertiary/aromatic N) is 12. The lowest BCUT2D eigenvalue weighted by Gasteiger charge is -2.13. The smallest absolute Gasteiger partial charge is 0.196 e. The van der Waals surface area contributed by atoms with E-state index in [1.54, 1.807) is 0 Å². The summed E-state index contributed by atoms with van der Waals surface area (Å²) in [6.45, 7) is 45.7. The third-order valence-electron chi connectivity index (χ3n) is 24.1. The second kappa shape index (κ2) is 41.2. The van der Waals surface area contributed by atoms with Gasteiger partial charge in [-0.05, 0) is 250 Å². The van der Waals surface area contributed by atoms with E-state index in [-0.39, 0.29) is 0 Å². The molecule has 16 aromatic rings. The van der Waals surface area contributed by atoms with Crippen LogP contribution in [0.2, 0.25) is 0 Å². The molecule has 0 saturated carbocycles. The summed E-state index contributed by atoms with van der Waals surface area (Å²) in [5, 5.41) is 16.4. The quantitative estimate of drug-likeness (QED) is 0.0666. The maximum absolute atomic E-state index is 3.40. The van der Waals surface area contributed by atoms with E-state index in [1.165, 1.54) is 219 Å². The van der Waals surface area contributed by atoms with Crippen LogP contribution in [0.1, 0.15) is 134 Å². The number of aromatic nitrogens is 17. The van der Waals surface area contributed by atoms with Gasteiger partial charge in [-0.1, -0.05) is 98.5 Å². The molecule has 17 heteroatoms. The zero-order chi connectivity index (χ0) is 93.3. The van der Waals surface area contributed by atoms with Crippen molar-refractivity contribution in [3.8, 4) is 113 Å². The Bertz CT molecular complexity index is 6350. The van der Waals surface area contributed by atoms with Gasteiger partial charge in [0.25, 0.3) is 39.9 Å².